The van der Waals surface area contributed by atoms with Crippen molar-refractivity contribution in [3.05, 3.63) is 0 Å². The highest BCUT2D eigenvalue weighted by Gasteiger charge is 2.27. The van der Waals surface area contributed by atoms with E-state index < -0.39 is 0 Å². The number of hydrogen-bond donors (Lipinski definition) is 0. The van der Waals surface area contributed by atoms with Crippen molar-refractivity contribution in [2.24, 2.45) is 5.92 Å². The van der Waals surface area contributed by atoms with Crippen LogP contribution in [0.15, 0.2) is 0 Å². The van der Waals surface area contributed by atoms with E-state index in [0.717, 1.165) is 39.0 Å². The van der Waals surface area contributed by atoms with Crippen molar-refractivity contribution in [3.8, 4) is 6.07 Å². The standard InChI is InChI=1S/C12H23N3/c1-4-11(5-2)12(10-13)15-8-6-14(3)7-9-15/h11-12H,4-9H2,1-3H3. The van der Waals surface area contributed by atoms with Gasteiger partial charge in [0.2, 0.25) is 0 Å². The molecule has 3 nitrogen and oxygen atoms in total. The summed E-state index contributed by atoms with van der Waals surface area (Å²) in [6.07, 6.45) is 2.22. The molecule has 86 valence electrons. The van der Waals surface area contributed by atoms with Gasteiger partial charge in [-0.1, -0.05) is 26.7 Å². The molecule has 0 bridgehead atoms. The first-order valence-corrected chi connectivity index (χ1v) is 6.05. The minimum Gasteiger partial charge on any atom is -0.304 e. The molecule has 1 saturated heterocycles. The fourth-order valence-corrected chi connectivity index (χ4v) is 2.32. The molecule has 1 unspecified atom stereocenters. The second-order valence-corrected chi connectivity index (χ2v) is 4.49. The predicted octanol–water partition coefficient (Wildman–Crippen LogP) is 1.56. The van der Waals surface area contributed by atoms with E-state index in [2.05, 4.69) is 36.8 Å². The lowest BCUT2D eigenvalue weighted by atomic mass is 9.93. The van der Waals surface area contributed by atoms with Gasteiger partial charge < -0.3 is 4.90 Å². The first kappa shape index (κ1) is 12.5. The van der Waals surface area contributed by atoms with Crippen molar-refractivity contribution in [1.29, 1.82) is 5.26 Å². The van der Waals surface area contributed by atoms with E-state index in [1.807, 2.05) is 0 Å². The van der Waals surface area contributed by atoms with E-state index in [0.29, 0.717) is 5.92 Å². The zero-order chi connectivity index (χ0) is 11.3. The summed E-state index contributed by atoms with van der Waals surface area (Å²) in [6.45, 7) is 8.66. The smallest absolute Gasteiger partial charge is 0.101 e. The highest BCUT2D eigenvalue weighted by molar-refractivity contribution is 4.97. The van der Waals surface area contributed by atoms with Crippen LogP contribution in [0.1, 0.15) is 26.7 Å². The Morgan fingerprint density at radius 1 is 1.13 bits per heavy atom. The normalized spacial score (nSPS) is 21.5. The van der Waals surface area contributed by atoms with Gasteiger partial charge in [-0.2, -0.15) is 5.26 Å². The van der Waals surface area contributed by atoms with Crippen molar-refractivity contribution >= 4 is 0 Å². The molecule has 0 aromatic carbocycles. The summed E-state index contributed by atoms with van der Waals surface area (Å²) in [4.78, 5) is 4.69. The molecule has 0 aromatic rings. The molecule has 15 heavy (non-hydrogen) atoms. The lowest BCUT2D eigenvalue weighted by molar-refractivity contribution is 0.103. The number of piperazine rings is 1. The minimum absolute atomic E-state index is 0.133. The number of nitrogens with zero attached hydrogens (tertiary/aromatic N) is 3. The van der Waals surface area contributed by atoms with Crippen LogP contribution >= 0.6 is 0 Å². The van der Waals surface area contributed by atoms with Crippen molar-refractivity contribution in [3.63, 3.8) is 0 Å². The van der Waals surface area contributed by atoms with E-state index in [1.165, 1.54) is 0 Å². The van der Waals surface area contributed by atoms with Crippen LogP contribution in [0.2, 0.25) is 0 Å². The van der Waals surface area contributed by atoms with E-state index >= 15 is 0 Å². The van der Waals surface area contributed by atoms with Gasteiger partial charge in [0.05, 0.1) is 6.07 Å². The van der Waals surface area contributed by atoms with Crippen molar-refractivity contribution < 1.29 is 0 Å². The van der Waals surface area contributed by atoms with Crippen LogP contribution in [0, 0.1) is 17.2 Å². The third-order valence-corrected chi connectivity index (χ3v) is 3.56. The fraction of sp³-hybridized carbons (Fsp3) is 0.917. The second-order valence-electron chi connectivity index (χ2n) is 4.49. The number of likely N-dealkylation sites (N-methyl/N-ethyl adjacent to an activating group) is 1. The molecule has 1 aliphatic heterocycles. The van der Waals surface area contributed by atoms with Crippen LogP contribution < -0.4 is 0 Å². The Morgan fingerprint density at radius 2 is 1.67 bits per heavy atom. The van der Waals surface area contributed by atoms with Crippen LogP contribution in [0.25, 0.3) is 0 Å². The molecule has 0 aromatic heterocycles. The maximum absolute atomic E-state index is 9.27. The zero-order valence-corrected chi connectivity index (χ0v) is 10.2. The SMILES string of the molecule is CCC(CC)C(C#N)N1CCN(C)CC1. The summed E-state index contributed by atoms with van der Waals surface area (Å²) in [5.41, 5.74) is 0. The molecule has 0 radical (unpaired) electrons. The molecule has 0 saturated carbocycles. The lowest BCUT2D eigenvalue weighted by Crippen LogP contribution is -2.50. The predicted molar refractivity (Wildman–Crippen MR) is 62.5 cm³/mol. The Kier molecular flexibility index (Phi) is 5.07. The first-order valence-electron chi connectivity index (χ1n) is 6.05. The summed E-state index contributed by atoms with van der Waals surface area (Å²) in [5, 5.41) is 9.27. The van der Waals surface area contributed by atoms with Gasteiger partial charge in [-0.05, 0) is 13.0 Å². The summed E-state index contributed by atoms with van der Waals surface area (Å²) in [7, 11) is 2.15. The topological polar surface area (TPSA) is 30.3 Å². The number of nitriles is 1. The molecule has 1 aliphatic rings. The van der Waals surface area contributed by atoms with Crippen molar-refractivity contribution in [2.45, 2.75) is 32.7 Å². The Labute approximate surface area is 93.7 Å². The third kappa shape index (κ3) is 3.19. The van der Waals surface area contributed by atoms with Gasteiger partial charge in [-0.3, -0.25) is 4.90 Å². The Hall–Kier alpha value is -0.590. The van der Waals surface area contributed by atoms with Gasteiger partial charge in [0, 0.05) is 26.2 Å². The van der Waals surface area contributed by atoms with Gasteiger partial charge >= 0.3 is 0 Å². The van der Waals surface area contributed by atoms with Crippen LogP contribution in [0.5, 0.6) is 0 Å². The molecule has 1 atom stereocenters. The summed E-state index contributed by atoms with van der Waals surface area (Å²) >= 11 is 0. The van der Waals surface area contributed by atoms with Gasteiger partial charge in [-0.15, -0.1) is 0 Å². The number of rotatable bonds is 4. The quantitative estimate of drug-likeness (QED) is 0.704. The van der Waals surface area contributed by atoms with Gasteiger partial charge in [0.25, 0.3) is 0 Å². The monoisotopic (exact) mass is 209 g/mol. The van der Waals surface area contributed by atoms with Gasteiger partial charge in [0.15, 0.2) is 0 Å². The van der Waals surface area contributed by atoms with Crippen molar-refractivity contribution in [2.75, 3.05) is 33.2 Å². The van der Waals surface area contributed by atoms with Crippen LogP contribution in [-0.4, -0.2) is 49.1 Å². The summed E-state index contributed by atoms with van der Waals surface area (Å²) in [5.74, 6) is 0.540. The Morgan fingerprint density at radius 3 is 2.07 bits per heavy atom. The lowest BCUT2D eigenvalue weighted by Gasteiger charge is -2.37. The maximum atomic E-state index is 9.27. The Bertz CT molecular complexity index is 209. The zero-order valence-electron chi connectivity index (χ0n) is 10.2. The second kappa shape index (κ2) is 6.09. The van der Waals surface area contributed by atoms with Crippen molar-refractivity contribution in [1.82, 2.24) is 9.80 Å². The molecule has 0 spiro atoms. The molecule has 1 fully saturated rings. The molecule has 0 amide bonds. The summed E-state index contributed by atoms with van der Waals surface area (Å²) < 4.78 is 0. The molecule has 0 N–H and O–H groups in total. The number of hydrogen-bond acceptors (Lipinski definition) is 3. The highest BCUT2D eigenvalue weighted by atomic mass is 15.3. The Balaban J connectivity index is 2.55. The first-order chi connectivity index (χ1) is 7.22. The minimum atomic E-state index is 0.133. The molecular weight excluding hydrogens is 186 g/mol. The fourth-order valence-electron chi connectivity index (χ4n) is 2.32. The van der Waals surface area contributed by atoms with Crippen LogP contribution in [0.3, 0.4) is 0 Å². The summed E-state index contributed by atoms with van der Waals surface area (Å²) in [6, 6.07) is 2.63. The van der Waals surface area contributed by atoms with E-state index in [-0.39, 0.29) is 6.04 Å². The van der Waals surface area contributed by atoms with E-state index in [9.17, 15) is 5.26 Å². The molecule has 1 heterocycles. The molecule has 3 heteroatoms. The van der Waals surface area contributed by atoms with E-state index in [1.54, 1.807) is 0 Å². The van der Waals surface area contributed by atoms with Gasteiger partial charge in [-0.25, -0.2) is 0 Å². The average molecular weight is 209 g/mol. The largest absolute Gasteiger partial charge is 0.304 e. The van der Waals surface area contributed by atoms with Crippen LogP contribution in [0.4, 0.5) is 0 Å². The molecule has 0 aliphatic carbocycles. The molecular formula is C12H23N3. The maximum Gasteiger partial charge on any atom is 0.101 e. The van der Waals surface area contributed by atoms with Crippen LogP contribution in [-0.2, 0) is 0 Å². The van der Waals surface area contributed by atoms with Gasteiger partial charge in [0.1, 0.15) is 6.04 Å². The third-order valence-electron chi connectivity index (χ3n) is 3.56. The van der Waals surface area contributed by atoms with E-state index in [4.69, 9.17) is 0 Å². The molecule has 1 rings (SSSR count). The highest BCUT2D eigenvalue weighted by Crippen LogP contribution is 2.19. The average Bonchev–Trinajstić information content (AvgIpc) is 2.27.